The monoisotopic (exact) mass is 338 g/mol. The van der Waals surface area contributed by atoms with Gasteiger partial charge in [-0.2, -0.15) is 5.10 Å². The molecule has 3 aromatic rings. The average molecular weight is 339 g/mol. The highest BCUT2D eigenvalue weighted by atomic mass is 35.5. The predicted octanol–water partition coefficient (Wildman–Crippen LogP) is 5.67. The van der Waals surface area contributed by atoms with Gasteiger partial charge in [-0.05, 0) is 24.3 Å². The molecule has 6 heteroatoms. The van der Waals surface area contributed by atoms with Gasteiger partial charge in [0, 0.05) is 21.7 Å². The van der Waals surface area contributed by atoms with E-state index in [-0.39, 0.29) is 11.4 Å². The van der Waals surface area contributed by atoms with Gasteiger partial charge in [-0.3, -0.25) is 5.10 Å². The lowest BCUT2D eigenvalue weighted by molar-refractivity contribution is 0.605. The van der Waals surface area contributed by atoms with Crippen LogP contribution in [0.2, 0.25) is 10.0 Å². The summed E-state index contributed by atoms with van der Waals surface area (Å²) in [5, 5.41) is 7.37. The number of aromatic nitrogens is 2. The molecular formula is C15H9Cl2FN2S. The summed E-state index contributed by atoms with van der Waals surface area (Å²) in [4.78, 5) is 1.36. The molecule has 1 aromatic heterocycles. The Morgan fingerprint density at radius 2 is 1.86 bits per heavy atom. The number of rotatable bonds is 3. The van der Waals surface area contributed by atoms with Crippen molar-refractivity contribution in [1.82, 2.24) is 10.2 Å². The Morgan fingerprint density at radius 1 is 1.10 bits per heavy atom. The number of halogens is 3. The highest BCUT2D eigenvalue weighted by Crippen LogP contribution is 2.38. The van der Waals surface area contributed by atoms with E-state index in [2.05, 4.69) is 10.2 Å². The summed E-state index contributed by atoms with van der Waals surface area (Å²) in [7, 11) is 0. The van der Waals surface area contributed by atoms with Gasteiger partial charge in [-0.25, -0.2) is 4.39 Å². The number of H-pyrrole nitrogens is 1. The fourth-order valence-corrected chi connectivity index (χ4v) is 3.30. The number of nitrogens with one attached hydrogen (secondary N) is 1. The van der Waals surface area contributed by atoms with E-state index in [4.69, 9.17) is 23.2 Å². The summed E-state index contributed by atoms with van der Waals surface area (Å²) in [6.45, 7) is 0. The highest BCUT2D eigenvalue weighted by Gasteiger charge is 2.17. The highest BCUT2D eigenvalue weighted by molar-refractivity contribution is 7.99. The lowest BCUT2D eigenvalue weighted by Crippen LogP contribution is -1.90. The van der Waals surface area contributed by atoms with Crippen molar-refractivity contribution in [3.63, 3.8) is 0 Å². The van der Waals surface area contributed by atoms with Crippen LogP contribution in [0.15, 0.2) is 58.5 Å². The second kappa shape index (κ2) is 6.10. The van der Waals surface area contributed by atoms with Crippen molar-refractivity contribution in [3.8, 4) is 11.3 Å². The summed E-state index contributed by atoms with van der Waals surface area (Å²) in [5.41, 5.74) is 0.638. The first-order valence-electron chi connectivity index (χ1n) is 6.07. The van der Waals surface area contributed by atoms with Crippen LogP contribution in [0.3, 0.4) is 0 Å². The number of aromatic amines is 1. The molecule has 0 amide bonds. The van der Waals surface area contributed by atoms with E-state index in [9.17, 15) is 4.39 Å². The van der Waals surface area contributed by atoms with Crippen molar-refractivity contribution in [3.05, 3.63) is 64.5 Å². The number of nitrogens with zero attached hydrogens (tertiary/aromatic N) is 1. The lowest BCUT2D eigenvalue weighted by Gasteiger charge is -2.08. The van der Waals surface area contributed by atoms with E-state index in [0.717, 1.165) is 4.90 Å². The Hall–Kier alpha value is -1.49. The Morgan fingerprint density at radius 3 is 2.52 bits per heavy atom. The Labute approximate surface area is 135 Å². The van der Waals surface area contributed by atoms with Crippen molar-refractivity contribution in [1.29, 1.82) is 0 Å². The Bertz CT molecular complexity index is 775. The molecule has 106 valence electrons. The van der Waals surface area contributed by atoms with Crippen LogP contribution in [-0.4, -0.2) is 10.2 Å². The second-order valence-electron chi connectivity index (χ2n) is 4.26. The van der Waals surface area contributed by atoms with Crippen molar-refractivity contribution in [2.75, 3.05) is 0 Å². The van der Waals surface area contributed by atoms with E-state index in [1.807, 2.05) is 30.3 Å². The topological polar surface area (TPSA) is 28.7 Å². The molecule has 0 bridgehead atoms. The van der Waals surface area contributed by atoms with Gasteiger partial charge < -0.3 is 0 Å². The third kappa shape index (κ3) is 3.07. The summed E-state index contributed by atoms with van der Waals surface area (Å²) in [5.74, 6) is -0.387. The molecule has 0 unspecified atom stereocenters. The van der Waals surface area contributed by atoms with Gasteiger partial charge in [0.25, 0.3) is 0 Å². The number of benzene rings is 2. The van der Waals surface area contributed by atoms with Gasteiger partial charge in [0.2, 0.25) is 0 Å². The molecule has 2 aromatic carbocycles. The van der Waals surface area contributed by atoms with Crippen LogP contribution in [0, 0.1) is 5.82 Å². The smallest absolute Gasteiger partial charge is 0.146 e. The zero-order chi connectivity index (χ0) is 14.8. The lowest BCUT2D eigenvalue weighted by atomic mass is 10.1. The van der Waals surface area contributed by atoms with E-state index < -0.39 is 0 Å². The molecule has 0 saturated heterocycles. The van der Waals surface area contributed by atoms with Gasteiger partial charge in [-0.15, -0.1) is 0 Å². The fourth-order valence-electron chi connectivity index (χ4n) is 1.89. The second-order valence-corrected chi connectivity index (χ2v) is 6.22. The van der Waals surface area contributed by atoms with Crippen LogP contribution >= 0.6 is 35.0 Å². The zero-order valence-electron chi connectivity index (χ0n) is 10.6. The third-order valence-electron chi connectivity index (χ3n) is 2.82. The first-order chi connectivity index (χ1) is 10.1. The van der Waals surface area contributed by atoms with Crippen LogP contribution in [0.1, 0.15) is 0 Å². The minimum absolute atomic E-state index is 0.284. The van der Waals surface area contributed by atoms with Gasteiger partial charge in [0.05, 0.1) is 9.92 Å². The summed E-state index contributed by atoms with van der Waals surface area (Å²) in [6, 6.07) is 12.6. The maximum absolute atomic E-state index is 14.7. The van der Waals surface area contributed by atoms with E-state index in [0.29, 0.717) is 20.6 Å². The van der Waals surface area contributed by atoms with Crippen molar-refractivity contribution in [2.24, 2.45) is 0 Å². The predicted molar refractivity (Wildman–Crippen MR) is 84.6 cm³/mol. The molecule has 1 N–H and O–H groups in total. The van der Waals surface area contributed by atoms with Crippen molar-refractivity contribution in [2.45, 2.75) is 9.79 Å². The molecule has 3 rings (SSSR count). The standard InChI is InChI=1S/C15H9Cl2FN2S/c16-9-6-11(15-12(17)8-19-20-15)14(18)13(7-9)21-10-4-2-1-3-5-10/h1-8H,(H,19,20). The minimum Gasteiger partial charge on any atom is -0.284 e. The quantitative estimate of drug-likeness (QED) is 0.666. The molecule has 0 aliphatic heterocycles. The molecule has 0 aliphatic rings. The van der Waals surface area contributed by atoms with Gasteiger partial charge in [0.15, 0.2) is 0 Å². The molecule has 0 saturated carbocycles. The van der Waals surface area contributed by atoms with Crippen LogP contribution in [0.25, 0.3) is 11.3 Å². The van der Waals surface area contributed by atoms with Crippen molar-refractivity contribution >= 4 is 35.0 Å². The summed E-state index contributed by atoms with van der Waals surface area (Å²) in [6.07, 6.45) is 1.50. The molecule has 2 nitrogen and oxygen atoms in total. The Balaban J connectivity index is 2.06. The van der Waals surface area contributed by atoms with Gasteiger partial charge in [-0.1, -0.05) is 53.2 Å². The number of hydrogen-bond donors (Lipinski definition) is 1. The summed E-state index contributed by atoms with van der Waals surface area (Å²) >= 11 is 13.4. The van der Waals surface area contributed by atoms with Crippen LogP contribution < -0.4 is 0 Å². The molecular weight excluding hydrogens is 330 g/mol. The normalized spacial score (nSPS) is 10.8. The fraction of sp³-hybridized carbons (Fsp3) is 0. The molecule has 0 spiro atoms. The van der Waals surface area contributed by atoms with Gasteiger partial charge in [0.1, 0.15) is 11.5 Å². The molecule has 0 atom stereocenters. The SMILES string of the molecule is Fc1c(Sc2ccccc2)cc(Cl)cc1-c1n[nH]cc1Cl. The molecule has 21 heavy (non-hydrogen) atoms. The number of hydrogen-bond acceptors (Lipinski definition) is 2. The molecule has 1 heterocycles. The molecule has 0 fully saturated rings. The Kier molecular flexibility index (Phi) is 4.19. The largest absolute Gasteiger partial charge is 0.284 e. The summed E-state index contributed by atoms with van der Waals surface area (Å²) < 4.78 is 14.7. The van der Waals surface area contributed by atoms with Crippen molar-refractivity contribution < 1.29 is 4.39 Å². The average Bonchev–Trinajstić information content (AvgIpc) is 2.90. The third-order valence-corrected chi connectivity index (χ3v) is 4.36. The first kappa shape index (κ1) is 14.4. The van der Waals surface area contributed by atoms with Crippen LogP contribution in [0.4, 0.5) is 4.39 Å². The maximum atomic E-state index is 14.7. The first-order valence-corrected chi connectivity index (χ1v) is 7.64. The van der Waals surface area contributed by atoms with Gasteiger partial charge >= 0.3 is 0 Å². The van der Waals surface area contributed by atoms with E-state index >= 15 is 0 Å². The van der Waals surface area contributed by atoms with Crippen LogP contribution in [0.5, 0.6) is 0 Å². The molecule has 0 aliphatic carbocycles. The maximum Gasteiger partial charge on any atom is 0.146 e. The minimum atomic E-state index is -0.387. The van der Waals surface area contributed by atoms with E-state index in [1.54, 1.807) is 6.07 Å². The zero-order valence-corrected chi connectivity index (χ0v) is 12.9. The molecule has 0 radical (unpaired) electrons. The van der Waals surface area contributed by atoms with Crippen LogP contribution in [-0.2, 0) is 0 Å². The van der Waals surface area contributed by atoms with E-state index in [1.165, 1.54) is 24.0 Å².